The number of nitrogens with zero attached hydrogens (tertiary/aromatic N) is 4. The summed E-state index contributed by atoms with van der Waals surface area (Å²) in [6.07, 6.45) is 11.3. The lowest BCUT2D eigenvalue weighted by molar-refractivity contribution is 0.175. The number of fused-ring (bicyclic) bond motifs is 2. The average molecular weight is 315 g/mol. The third-order valence-electron chi connectivity index (χ3n) is 5.87. The topological polar surface area (TPSA) is 44.3 Å². The van der Waals surface area contributed by atoms with E-state index in [-0.39, 0.29) is 0 Å². The minimum atomic E-state index is 0.358. The van der Waals surface area contributed by atoms with E-state index in [1.54, 1.807) is 0 Å². The number of anilines is 1. The molecule has 1 aromatic rings. The fraction of sp³-hybridized carbons (Fsp3) is 0.778. The summed E-state index contributed by atoms with van der Waals surface area (Å²) in [5.74, 6) is 1.60. The molecule has 0 amide bonds. The SMILES string of the molecule is CC(C)N1CC2CNC(C1)N2c1ncc(C2CCCCC2)cn1. The van der Waals surface area contributed by atoms with Crippen LogP contribution < -0.4 is 10.2 Å². The van der Waals surface area contributed by atoms with Crippen LogP contribution in [0.25, 0.3) is 0 Å². The van der Waals surface area contributed by atoms with Crippen molar-refractivity contribution in [3.8, 4) is 0 Å². The van der Waals surface area contributed by atoms with Crippen LogP contribution in [0.5, 0.6) is 0 Å². The van der Waals surface area contributed by atoms with E-state index in [0.717, 1.165) is 25.6 Å². The van der Waals surface area contributed by atoms with Gasteiger partial charge in [-0.1, -0.05) is 19.3 Å². The van der Waals surface area contributed by atoms with Crippen LogP contribution in [0.3, 0.4) is 0 Å². The van der Waals surface area contributed by atoms with Crippen molar-refractivity contribution in [3.63, 3.8) is 0 Å². The molecule has 0 spiro atoms. The van der Waals surface area contributed by atoms with E-state index in [1.807, 2.05) is 0 Å². The highest BCUT2D eigenvalue weighted by Gasteiger charge is 2.41. The molecule has 3 aliphatic rings. The van der Waals surface area contributed by atoms with Crippen molar-refractivity contribution in [1.82, 2.24) is 20.2 Å². The molecule has 3 fully saturated rings. The van der Waals surface area contributed by atoms with E-state index >= 15 is 0 Å². The molecule has 2 atom stereocenters. The van der Waals surface area contributed by atoms with Gasteiger partial charge in [-0.25, -0.2) is 9.97 Å². The smallest absolute Gasteiger partial charge is 0.226 e. The van der Waals surface area contributed by atoms with E-state index in [4.69, 9.17) is 9.97 Å². The van der Waals surface area contributed by atoms with Crippen LogP contribution >= 0.6 is 0 Å². The molecular formula is C18H29N5. The number of nitrogens with one attached hydrogen (secondary N) is 1. The number of aromatic nitrogens is 2. The van der Waals surface area contributed by atoms with E-state index in [9.17, 15) is 0 Å². The summed E-state index contributed by atoms with van der Waals surface area (Å²) in [4.78, 5) is 14.5. The normalized spacial score (nSPS) is 29.4. The lowest BCUT2D eigenvalue weighted by Crippen LogP contribution is -2.57. The zero-order valence-corrected chi connectivity index (χ0v) is 14.4. The highest BCUT2D eigenvalue weighted by molar-refractivity contribution is 5.38. The maximum atomic E-state index is 4.74. The predicted octanol–water partition coefficient (Wildman–Crippen LogP) is 2.35. The van der Waals surface area contributed by atoms with Crippen molar-refractivity contribution in [2.24, 2.45) is 0 Å². The second kappa shape index (κ2) is 6.36. The highest BCUT2D eigenvalue weighted by Crippen LogP contribution is 2.33. The molecule has 0 aromatic carbocycles. The van der Waals surface area contributed by atoms with Gasteiger partial charge >= 0.3 is 0 Å². The summed E-state index contributed by atoms with van der Waals surface area (Å²) in [5, 5.41) is 3.63. The molecule has 3 heterocycles. The van der Waals surface area contributed by atoms with Gasteiger partial charge in [0, 0.05) is 38.1 Å². The lowest BCUT2D eigenvalue weighted by Gasteiger charge is -2.41. The van der Waals surface area contributed by atoms with Crippen molar-refractivity contribution in [1.29, 1.82) is 0 Å². The van der Waals surface area contributed by atoms with Crippen LogP contribution in [-0.4, -0.2) is 52.8 Å². The van der Waals surface area contributed by atoms with E-state index < -0.39 is 0 Å². The first-order valence-electron chi connectivity index (χ1n) is 9.30. The summed E-state index contributed by atoms with van der Waals surface area (Å²) < 4.78 is 0. The first-order chi connectivity index (χ1) is 11.2. The zero-order valence-electron chi connectivity index (χ0n) is 14.4. The number of hydrogen-bond acceptors (Lipinski definition) is 5. The Bertz CT molecular complexity index is 509. The van der Waals surface area contributed by atoms with E-state index in [2.05, 4.69) is 41.4 Å². The molecule has 4 rings (SSSR count). The van der Waals surface area contributed by atoms with Crippen LogP contribution in [0, 0.1) is 0 Å². The van der Waals surface area contributed by atoms with Crippen LogP contribution in [0.4, 0.5) is 5.95 Å². The Morgan fingerprint density at radius 1 is 1.09 bits per heavy atom. The molecule has 1 saturated carbocycles. The van der Waals surface area contributed by atoms with Crippen molar-refractivity contribution >= 4 is 5.95 Å². The molecule has 1 aromatic heterocycles. The molecule has 2 bridgehead atoms. The third kappa shape index (κ3) is 2.96. The molecule has 2 saturated heterocycles. The van der Waals surface area contributed by atoms with Crippen LogP contribution in [0.2, 0.25) is 0 Å². The Balaban J connectivity index is 1.48. The number of hydrogen-bond donors (Lipinski definition) is 1. The summed E-state index contributed by atoms with van der Waals surface area (Å²) in [7, 11) is 0. The molecule has 2 aliphatic heterocycles. The highest BCUT2D eigenvalue weighted by atomic mass is 15.5. The molecule has 5 nitrogen and oxygen atoms in total. The quantitative estimate of drug-likeness (QED) is 0.927. The summed E-state index contributed by atoms with van der Waals surface area (Å²) in [6, 6.07) is 1.10. The second-order valence-electron chi connectivity index (χ2n) is 7.68. The van der Waals surface area contributed by atoms with E-state index in [1.165, 1.54) is 37.7 Å². The molecule has 1 aliphatic carbocycles. The standard InChI is InChI=1S/C18H29N5/c1-13(2)22-11-16-10-19-17(12-22)23(16)18-20-8-15(9-21-18)14-6-4-3-5-7-14/h8-9,13-14,16-17,19H,3-7,10-12H2,1-2H3. The minimum Gasteiger partial charge on any atom is -0.318 e. The van der Waals surface area contributed by atoms with Crippen molar-refractivity contribution in [2.45, 2.75) is 70.1 Å². The van der Waals surface area contributed by atoms with Crippen molar-refractivity contribution in [2.75, 3.05) is 24.5 Å². The van der Waals surface area contributed by atoms with Gasteiger partial charge in [-0.3, -0.25) is 10.2 Å². The van der Waals surface area contributed by atoms with Crippen LogP contribution in [0.15, 0.2) is 12.4 Å². The molecule has 126 valence electrons. The monoisotopic (exact) mass is 315 g/mol. The van der Waals surface area contributed by atoms with E-state index in [0.29, 0.717) is 24.2 Å². The van der Waals surface area contributed by atoms with Crippen LogP contribution in [-0.2, 0) is 0 Å². The Morgan fingerprint density at radius 3 is 2.48 bits per heavy atom. The van der Waals surface area contributed by atoms with Gasteiger partial charge in [0.2, 0.25) is 5.95 Å². The number of piperazine rings is 1. The van der Waals surface area contributed by atoms with Gasteiger partial charge in [-0.2, -0.15) is 0 Å². The summed E-state index contributed by atoms with van der Waals surface area (Å²) in [5.41, 5.74) is 1.34. The molecule has 23 heavy (non-hydrogen) atoms. The molecule has 1 N–H and O–H groups in total. The second-order valence-corrected chi connectivity index (χ2v) is 7.68. The Morgan fingerprint density at radius 2 is 1.83 bits per heavy atom. The van der Waals surface area contributed by atoms with Gasteiger partial charge in [0.1, 0.15) is 0 Å². The van der Waals surface area contributed by atoms with Crippen molar-refractivity contribution in [3.05, 3.63) is 18.0 Å². The molecular weight excluding hydrogens is 286 g/mol. The maximum absolute atomic E-state index is 4.74. The van der Waals surface area contributed by atoms with Gasteiger partial charge in [0.15, 0.2) is 0 Å². The van der Waals surface area contributed by atoms with Gasteiger partial charge in [-0.05, 0) is 38.2 Å². The van der Waals surface area contributed by atoms with Gasteiger partial charge in [-0.15, -0.1) is 0 Å². The lowest BCUT2D eigenvalue weighted by atomic mass is 9.85. The van der Waals surface area contributed by atoms with Crippen molar-refractivity contribution < 1.29 is 0 Å². The maximum Gasteiger partial charge on any atom is 0.226 e. The Labute approximate surface area is 139 Å². The first-order valence-corrected chi connectivity index (χ1v) is 9.30. The molecule has 5 heteroatoms. The fourth-order valence-corrected chi connectivity index (χ4v) is 4.43. The van der Waals surface area contributed by atoms with Gasteiger partial charge in [0.05, 0.1) is 12.2 Å². The fourth-order valence-electron chi connectivity index (χ4n) is 4.43. The Kier molecular flexibility index (Phi) is 4.24. The first kappa shape index (κ1) is 15.3. The minimum absolute atomic E-state index is 0.358. The molecule has 2 unspecified atom stereocenters. The Hall–Kier alpha value is -1.20. The summed E-state index contributed by atoms with van der Waals surface area (Å²) in [6.45, 7) is 7.77. The van der Waals surface area contributed by atoms with Crippen LogP contribution in [0.1, 0.15) is 57.4 Å². The molecule has 0 radical (unpaired) electrons. The van der Waals surface area contributed by atoms with Gasteiger partial charge in [0.25, 0.3) is 0 Å². The third-order valence-corrected chi connectivity index (χ3v) is 5.87. The zero-order chi connectivity index (χ0) is 15.8. The largest absolute Gasteiger partial charge is 0.318 e. The predicted molar refractivity (Wildman–Crippen MR) is 92.6 cm³/mol. The summed E-state index contributed by atoms with van der Waals surface area (Å²) >= 11 is 0. The van der Waals surface area contributed by atoms with Gasteiger partial charge < -0.3 is 4.90 Å². The number of rotatable bonds is 3. The average Bonchev–Trinajstić information content (AvgIpc) is 2.85.